The van der Waals surface area contributed by atoms with E-state index in [4.69, 9.17) is 5.11 Å². The lowest BCUT2D eigenvalue weighted by Gasteiger charge is -2.00. The number of hydrazone groups is 1. The molecule has 80 valence electrons. The van der Waals surface area contributed by atoms with Crippen LogP contribution in [0.1, 0.15) is 12.5 Å². The van der Waals surface area contributed by atoms with Crippen LogP contribution in [0.25, 0.3) is 0 Å². The predicted molar refractivity (Wildman–Crippen MR) is 53.8 cm³/mol. The van der Waals surface area contributed by atoms with E-state index < -0.39 is 17.8 Å². The molecule has 0 aliphatic heterocycles. The van der Waals surface area contributed by atoms with Crippen LogP contribution in [-0.2, 0) is 4.79 Å². The number of rotatable bonds is 3. The maximum Gasteiger partial charge on any atom is 0.268 e. The summed E-state index contributed by atoms with van der Waals surface area (Å²) in [5.41, 5.74) is 2.34. The first-order chi connectivity index (χ1) is 7.11. The van der Waals surface area contributed by atoms with Crippen LogP contribution >= 0.6 is 0 Å². The molecule has 0 heterocycles. The molecule has 1 aromatic carbocycles. The Morgan fingerprint density at radius 2 is 2.27 bits per heavy atom. The molecule has 4 nitrogen and oxygen atoms in total. The minimum absolute atomic E-state index is 0.267. The molecule has 0 saturated carbocycles. The smallest absolute Gasteiger partial charge is 0.268 e. The van der Waals surface area contributed by atoms with E-state index in [0.717, 1.165) is 0 Å². The van der Waals surface area contributed by atoms with Crippen molar-refractivity contribution in [3.63, 3.8) is 0 Å². The zero-order valence-corrected chi connectivity index (χ0v) is 8.14. The lowest BCUT2D eigenvalue weighted by Crippen LogP contribution is -2.28. The minimum atomic E-state index is -1.14. The van der Waals surface area contributed by atoms with E-state index in [-0.39, 0.29) is 5.56 Å². The number of hydrogen-bond acceptors (Lipinski definition) is 3. The topological polar surface area (TPSA) is 61.7 Å². The average Bonchev–Trinajstić information content (AvgIpc) is 2.20. The van der Waals surface area contributed by atoms with Gasteiger partial charge in [0.1, 0.15) is 11.9 Å². The Morgan fingerprint density at radius 3 is 2.87 bits per heavy atom. The summed E-state index contributed by atoms with van der Waals surface area (Å²) in [5.74, 6) is -1.06. The first kappa shape index (κ1) is 11.3. The number of carbonyl (C=O) groups is 1. The number of aliphatic hydroxyl groups is 1. The molecule has 0 spiro atoms. The highest BCUT2D eigenvalue weighted by Crippen LogP contribution is 2.02. The summed E-state index contributed by atoms with van der Waals surface area (Å²) >= 11 is 0. The van der Waals surface area contributed by atoms with Gasteiger partial charge in [-0.25, -0.2) is 9.82 Å². The number of hydrogen-bond donors (Lipinski definition) is 2. The molecule has 0 saturated heterocycles. The summed E-state index contributed by atoms with van der Waals surface area (Å²) in [5, 5.41) is 12.3. The van der Waals surface area contributed by atoms with Gasteiger partial charge in [0.2, 0.25) is 0 Å². The van der Waals surface area contributed by atoms with Crippen molar-refractivity contribution >= 4 is 12.1 Å². The molecule has 1 amide bonds. The third-order valence-corrected chi connectivity index (χ3v) is 1.66. The predicted octanol–water partition coefficient (Wildman–Crippen LogP) is 0.657. The SMILES string of the molecule is C[C@@H](O)C(=O)N/N=C\c1ccccc1F. The van der Waals surface area contributed by atoms with Crippen LogP contribution in [0.5, 0.6) is 0 Å². The molecular formula is C10H11FN2O2. The van der Waals surface area contributed by atoms with Crippen LogP contribution in [0.3, 0.4) is 0 Å². The van der Waals surface area contributed by atoms with E-state index in [9.17, 15) is 9.18 Å². The molecule has 2 N–H and O–H groups in total. The van der Waals surface area contributed by atoms with Crippen molar-refractivity contribution in [3.8, 4) is 0 Å². The Morgan fingerprint density at radius 1 is 1.60 bits per heavy atom. The molecule has 15 heavy (non-hydrogen) atoms. The van der Waals surface area contributed by atoms with Gasteiger partial charge in [0.05, 0.1) is 6.21 Å². The Balaban J connectivity index is 2.59. The van der Waals surface area contributed by atoms with Crippen molar-refractivity contribution in [1.82, 2.24) is 5.43 Å². The largest absolute Gasteiger partial charge is 0.383 e. The molecule has 1 rings (SSSR count). The second-order valence-electron chi connectivity index (χ2n) is 2.93. The summed E-state index contributed by atoms with van der Waals surface area (Å²) in [4.78, 5) is 10.8. The van der Waals surface area contributed by atoms with Crippen LogP contribution in [0, 0.1) is 5.82 Å². The van der Waals surface area contributed by atoms with Gasteiger partial charge >= 0.3 is 0 Å². The number of carbonyl (C=O) groups excluding carboxylic acids is 1. The fraction of sp³-hybridized carbons (Fsp3) is 0.200. The average molecular weight is 210 g/mol. The molecule has 1 aromatic rings. The monoisotopic (exact) mass is 210 g/mol. The van der Waals surface area contributed by atoms with Gasteiger partial charge < -0.3 is 5.11 Å². The van der Waals surface area contributed by atoms with Crippen LogP contribution in [0.2, 0.25) is 0 Å². The summed E-state index contributed by atoms with van der Waals surface area (Å²) in [6.07, 6.45) is 0.0399. The lowest BCUT2D eigenvalue weighted by molar-refractivity contribution is -0.128. The molecule has 5 heteroatoms. The van der Waals surface area contributed by atoms with Gasteiger partial charge in [-0.1, -0.05) is 18.2 Å². The zero-order valence-electron chi connectivity index (χ0n) is 8.14. The number of amides is 1. The van der Waals surface area contributed by atoms with Crippen molar-refractivity contribution in [2.45, 2.75) is 13.0 Å². The summed E-state index contributed by atoms with van der Waals surface area (Å²) in [6.45, 7) is 1.31. The number of benzene rings is 1. The number of halogens is 1. The normalized spacial score (nSPS) is 12.7. The van der Waals surface area contributed by atoms with Crippen molar-refractivity contribution < 1.29 is 14.3 Å². The van der Waals surface area contributed by atoms with E-state index >= 15 is 0 Å². The van der Waals surface area contributed by atoms with Crippen LogP contribution in [0.4, 0.5) is 4.39 Å². The lowest BCUT2D eigenvalue weighted by atomic mass is 10.2. The molecule has 1 atom stereocenters. The van der Waals surface area contributed by atoms with Gasteiger partial charge in [-0.3, -0.25) is 4.79 Å². The highest BCUT2D eigenvalue weighted by molar-refractivity contribution is 5.84. The molecule has 0 radical (unpaired) electrons. The zero-order chi connectivity index (χ0) is 11.3. The maximum atomic E-state index is 13.0. The van der Waals surface area contributed by atoms with Crippen LogP contribution < -0.4 is 5.43 Å². The highest BCUT2D eigenvalue weighted by atomic mass is 19.1. The summed E-state index contributed by atoms with van der Waals surface area (Å²) in [6, 6.07) is 6.02. The molecule has 0 bridgehead atoms. The molecule has 0 aliphatic carbocycles. The van der Waals surface area contributed by atoms with E-state index in [2.05, 4.69) is 10.5 Å². The van der Waals surface area contributed by atoms with E-state index in [1.54, 1.807) is 12.1 Å². The second-order valence-corrected chi connectivity index (χ2v) is 2.93. The molecule has 0 unspecified atom stereocenters. The standard InChI is InChI=1S/C10H11FN2O2/c1-7(14)10(15)13-12-6-8-4-2-3-5-9(8)11/h2-7,14H,1H3,(H,13,15)/b12-6-/t7-/m1/s1. The van der Waals surface area contributed by atoms with Crippen molar-refractivity contribution in [2.24, 2.45) is 5.10 Å². The Kier molecular flexibility index (Phi) is 3.93. The Labute approximate surface area is 86.4 Å². The van der Waals surface area contributed by atoms with Crippen molar-refractivity contribution in [1.29, 1.82) is 0 Å². The van der Waals surface area contributed by atoms with Gasteiger partial charge in [0.25, 0.3) is 5.91 Å². The highest BCUT2D eigenvalue weighted by Gasteiger charge is 2.05. The van der Waals surface area contributed by atoms with Gasteiger partial charge in [-0.05, 0) is 13.0 Å². The molecule has 0 aromatic heterocycles. The minimum Gasteiger partial charge on any atom is -0.383 e. The third-order valence-electron chi connectivity index (χ3n) is 1.66. The van der Waals surface area contributed by atoms with E-state index in [0.29, 0.717) is 0 Å². The van der Waals surface area contributed by atoms with Gasteiger partial charge in [0, 0.05) is 5.56 Å². The first-order valence-electron chi connectivity index (χ1n) is 4.37. The fourth-order valence-electron chi connectivity index (χ4n) is 0.839. The van der Waals surface area contributed by atoms with Gasteiger partial charge in [0.15, 0.2) is 0 Å². The van der Waals surface area contributed by atoms with E-state index in [1.807, 2.05) is 0 Å². The molecule has 0 aliphatic rings. The summed E-state index contributed by atoms with van der Waals surface area (Å²) < 4.78 is 13.0. The fourth-order valence-corrected chi connectivity index (χ4v) is 0.839. The number of aliphatic hydroxyl groups excluding tert-OH is 1. The Hall–Kier alpha value is -1.75. The molecular weight excluding hydrogens is 199 g/mol. The van der Waals surface area contributed by atoms with Crippen molar-refractivity contribution in [3.05, 3.63) is 35.6 Å². The maximum absolute atomic E-state index is 13.0. The number of nitrogens with zero attached hydrogens (tertiary/aromatic N) is 1. The third kappa shape index (κ3) is 3.47. The van der Waals surface area contributed by atoms with Crippen LogP contribution in [-0.4, -0.2) is 23.3 Å². The number of nitrogens with one attached hydrogen (secondary N) is 1. The quantitative estimate of drug-likeness (QED) is 0.568. The van der Waals surface area contributed by atoms with Crippen LogP contribution in [0.15, 0.2) is 29.4 Å². The van der Waals surface area contributed by atoms with Gasteiger partial charge in [-0.15, -0.1) is 0 Å². The first-order valence-corrected chi connectivity index (χ1v) is 4.37. The second kappa shape index (κ2) is 5.21. The van der Waals surface area contributed by atoms with E-state index in [1.165, 1.54) is 25.3 Å². The van der Waals surface area contributed by atoms with Gasteiger partial charge in [-0.2, -0.15) is 5.10 Å². The van der Waals surface area contributed by atoms with Crippen molar-refractivity contribution in [2.75, 3.05) is 0 Å². The molecule has 0 fully saturated rings. The Bertz CT molecular complexity index is 377. The summed E-state index contributed by atoms with van der Waals surface area (Å²) in [7, 11) is 0.